The molecule has 2 rings (SSSR count). The third-order valence-electron chi connectivity index (χ3n) is 3.43. The molecule has 0 aromatic rings. The lowest BCUT2D eigenvalue weighted by Crippen LogP contribution is -2.39. The Morgan fingerprint density at radius 3 is 2.86 bits per heavy atom. The standard InChI is InChI=1S/C14H23N3O3S/c1-10(2)3-4-15-12(18)9-11-13(19)16-14(21-11)17-5-7-20-8-6-17/h10-11H,3-9H2,1-2H3,(H,15,18)/t11-/m0/s1. The Balaban J connectivity index is 1.75. The summed E-state index contributed by atoms with van der Waals surface area (Å²) >= 11 is 1.40. The third kappa shape index (κ3) is 5.00. The van der Waals surface area contributed by atoms with Crippen LogP contribution in [0.1, 0.15) is 26.7 Å². The molecule has 1 atom stereocenters. The van der Waals surface area contributed by atoms with Crippen LogP contribution >= 0.6 is 11.8 Å². The molecule has 1 fully saturated rings. The molecule has 21 heavy (non-hydrogen) atoms. The van der Waals surface area contributed by atoms with Gasteiger partial charge in [-0.3, -0.25) is 9.59 Å². The van der Waals surface area contributed by atoms with E-state index in [1.807, 2.05) is 0 Å². The maximum atomic E-state index is 11.9. The average molecular weight is 313 g/mol. The fourth-order valence-corrected chi connectivity index (χ4v) is 3.26. The minimum atomic E-state index is -0.373. The molecule has 2 heterocycles. The van der Waals surface area contributed by atoms with Crippen LogP contribution in [0.4, 0.5) is 0 Å². The largest absolute Gasteiger partial charge is 0.378 e. The highest BCUT2D eigenvalue weighted by Gasteiger charge is 2.33. The zero-order valence-electron chi connectivity index (χ0n) is 12.6. The van der Waals surface area contributed by atoms with E-state index in [0.717, 1.165) is 24.7 Å². The summed E-state index contributed by atoms with van der Waals surface area (Å²) in [5.74, 6) is 0.296. The summed E-state index contributed by atoms with van der Waals surface area (Å²) in [4.78, 5) is 29.9. The number of aliphatic imine (C=N–C) groups is 1. The Hall–Kier alpha value is -1.08. The lowest BCUT2D eigenvalue weighted by molar-refractivity contribution is -0.124. The first-order chi connectivity index (χ1) is 10.1. The molecule has 1 N–H and O–H groups in total. The first kappa shape index (κ1) is 16.3. The van der Waals surface area contributed by atoms with E-state index in [1.165, 1.54) is 11.8 Å². The smallest absolute Gasteiger partial charge is 0.262 e. The van der Waals surface area contributed by atoms with Gasteiger partial charge in [-0.2, -0.15) is 4.99 Å². The molecule has 2 amide bonds. The van der Waals surface area contributed by atoms with Gasteiger partial charge in [-0.25, -0.2) is 0 Å². The molecule has 7 heteroatoms. The number of morpholine rings is 1. The van der Waals surface area contributed by atoms with Crippen molar-refractivity contribution in [2.75, 3.05) is 32.8 Å². The van der Waals surface area contributed by atoms with Gasteiger partial charge in [0.25, 0.3) is 5.91 Å². The highest BCUT2D eigenvalue weighted by molar-refractivity contribution is 8.15. The molecule has 0 spiro atoms. The van der Waals surface area contributed by atoms with Gasteiger partial charge in [-0.15, -0.1) is 0 Å². The molecule has 0 radical (unpaired) electrons. The number of rotatable bonds is 5. The number of hydrogen-bond donors (Lipinski definition) is 1. The molecule has 2 aliphatic rings. The number of amides is 2. The molecule has 0 saturated carbocycles. The van der Waals surface area contributed by atoms with E-state index in [1.54, 1.807) is 0 Å². The Bertz CT molecular complexity index is 420. The topological polar surface area (TPSA) is 71.0 Å². The number of nitrogens with zero attached hydrogens (tertiary/aromatic N) is 2. The van der Waals surface area contributed by atoms with Crippen LogP contribution < -0.4 is 5.32 Å². The number of ether oxygens (including phenoxy) is 1. The van der Waals surface area contributed by atoms with Crippen molar-refractivity contribution in [1.82, 2.24) is 10.2 Å². The van der Waals surface area contributed by atoms with Crippen LogP contribution in [0.3, 0.4) is 0 Å². The monoisotopic (exact) mass is 313 g/mol. The quantitative estimate of drug-likeness (QED) is 0.815. The molecule has 2 aliphatic heterocycles. The summed E-state index contributed by atoms with van der Waals surface area (Å²) in [5.41, 5.74) is 0. The zero-order valence-corrected chi connectivity index (χ0v) is 13.4. The van der Waals surface area contributed by atoms with Crippen molar-refractivity contribution in [3.8, 4) is 0 Å². The molecule has 118 valence electrons. The van der Waals surface area contributed by atoms with Gasteiger partial charge >= 0.3 is 0 Å². The number of hydrogen-bond acceptors (Lipinski definition) is 5. The van der Waals surface area contributed by atoms with E-state index in [-0.39, 0.29) is 23.5 Å². The van der Waals surface area contributed by atoms with Crippen molar-refractivity contribution in [1.29, 1.82) is 0 Å². The number of carbonyl (C=O) groups excluding carboxylic acids is 2. The van der Waals surface area contributed by atoms with E-state index in [9.17, 15) is 9.59 Å². The molecule has 0 aromatic heterocycles. The summed E-state index contributed by atoms with van der Waals surface area (Å²) in [6, 6.07) is 0. The molecule has 0 bridgehead atoms. The second-order valence-corrected chi connectivity index (χ2v) is 6.85. The van der Waals surface area contributed by atoms with Crippen LogP contribution in [0.2, 0.25) is 0 Å². The Labute approximate surface area is 129 Å². The van der Waals surface area contributed by atoms with E-state index >= 15 is 0 Å². The fraction of sp³-hybridized carbons (Fsp3) is 0.786. The van der Waals surface area contributed by atoms with E-state index in [0.29, 0.717) is 25.7 Å². The molecule has 1 saturated heterocycles. The molecular weight excluding hydrogens is 290 g/mol. The molecule has 0 unspecified atom stereocenters. The first-order valence-electron chi connectivity index (χ1n) is 7.45. The van der Waals surface area contributed by atoms with Gasteiger partial charge in [-0.1, -0.05) is 25.6 Å². The molecule has 6 nitrogen and oxygen atoms in total. The van der Waals surface area contributed by atoms with Crippen molar-refractivity contribution in [2.24, 2.45) is 10.9 Å². The Kier molecular flexibility index (Phi) is 6.05. The van der Waals surface area contributed by atoms with E-state index < -0.39 is 0 Å². The molecule has 0 aromatic carbocycles. The lowest BCUT2D eigenvalue weighted by atomic mass is 10.1. The maximum Gasteiger partial charge on any atom is 0.262 e. The van der Waals surface area contributed by atoms with Gasteiger partial charge in [0.15, 0.2) is 5.17 Å². The van der Waals surface area contributed by atoms with Gasteiger partial charge in [0.2, 0.25) is 5.91 Å². The van der Waals surface area contributed by atoms with Crippen molar-refractivity contribution in [2.45, 2.75) is 31.9 Å². The average Bonchev–Trinajstić information content (AvgIpc) is 2.81. The van der Waals surface area contributed by atoms with Crippen LogP contribution in [-0.4, -0.2) is 60.0 Å². The number of carbonyl (C=O) groups is 2. The minimum absolute atomic E-state index is 0.0695. The maximum absolute atomic E-state index is 11.9. The Morgan fingerprint density at radius 1 is 1.48 bits per heavy atom. The second-order valence-electron chi connectivity index (χ2n) is 5.68. The zero-order chi connectivity index (χ0) is 15.2. The second kappa shape index (κ2) is 7.79. The van der Waals surface area contributed by atoms with Crippen molar-refractivity contribution >= 4 is 28.7 Å². The molecular formula is C14H23N3O3S. The van der Waals surface area contributed by atoms with Crippen LogP contribution in [0.15, 0.2) is 4.99 Å². The van der Waals surface area contributed by atoms with Crippen LogP contribution in [0.5, 0.6) is 0 Å². The van der Waals surface area contributed by atoms with Gasteiger partial charge in [0, 0.05) is 26.1 Å². The predicted molar refractivity (Wildman–Crippen MR) is 83.3 cm³/mol. The highest BCUT2D eigenvalue weighted by Crippen LogP contribution is 2.27. The normalized spacial score (nSPS) is 22.6. The van der Waals surface area contributed by atoms with Crippen molar-refractivity contribution < 1.29 is 14.3 Å². The van der Waals surface area contributed by atoms with Gasteiger partial charge in [0.05, 0.1) is 13.2 Å². The first-order valence-corrected chi connectivity index (χ1v) is 8.33. The number of thioether (sulfide) groups is 1. The number of nitrogens with one attached hydrogen (secondary N) is 1. The molecule has 0 aliphatic carbocycles. The van der Waals surface area contributed by atoms with Gasteiger partial charge in [-0.05, 0) is 12.3 Å². The fourth-order valence-electron chi connectivity index (χ4n) is 2.14. The van der Waals surface area contributed by atoms with Crippen molar-refractivity contribution in [3.63, 3.8) is 0 Å². The van der Waals surface area contributed by atoms with E-state index in [4.69, 9.17) is 4.74 Å². The lowest BCUT2D eigenvalue weighted by Gasteiger charge is -2.27. The van der Waals surface area contributed by atoms with Crippen LogP contribution in [0.25, 0.3) is 0 Å². The summed E-state index contributed by atoms with van der Waals surface area (Å²) in [7, 11) is 0. The van der Waals surface area contributed by atoms with Crippen molar-refractivity contribution in [3.05, 3.63) is 0 Å². The Morgan fingerprint density at radius 2 is 2.19 bits per heavy atom. The van der Waals surface area contributed by atoms with Gasteiger partial charge < -0.3 is 15.0 Å². The van der Waals surface area contributed by atoms with Crippen LogP contribution in [0, 0.1) is 5.92 Å². The summed E-state index contributed by atoms with van der Waals surface area (Å²) in [5, 5.41) is 3.23. The summed E-state index contributed by atoms with van der Waals surface area (Å²) < 4.78 is 5.29. The SMILES string of the molecule is CC(C)CCNC(=O)C[C@@H]1SC(N2CCOCC2)=NC1=O. The highest BCUT2D eigenvalue weighted by atomic mass is 32.2. The van der Waals surface area contributed by atoms with Crippen LogP contribution in [-0.2, 0) is 14.3 Å². The summed E-state index contributed by atoms with van der Waals surface area (Å²) in [6.07, 6.45) is 1.16. The van der Waals surface area contributed by atoms with Gasteiger partial charge in [0.1, 0.15) is 5.25 Å². The minimum Gasteiger partial charge on any atom is -0.378 e. The van der Waals surface area contributed by atoms with E-state index in [2.05, 4.69) is 29.1 Å². The number of amidine groups is 1. The summed E-state index contributed by atoms with van der Waals surface area (Å²) in [6.45, 7) is 7.73. The third-order valence-corrected chi connectivity index (χ3v) is 4.64. The predicted octanol–water partition coefficient (Wildman–Crippen LogP) is 0.869.